The van der Waals surface area contributed by atoms with Gasteiger partial charge in [-0.25, -0.2) is 0 Å². The van der Waals surface area contributed by atoms with Gasteiger partial charge in [-0.15, -0.1) is 0 Å². The lowest BCUT2D eigenvalue weighted by atomic mass is 9.98. The summed E-state index contributed by atoms with van der Waals surface area (Å²) in [7, 11) is 0. The summed E-state index contributed by atoms with van der Waals surface area (Å²) in [6.45, 7) is 0.895. The lowest BCUT2D eigenvalue weighted by Gasteiger charge is -2.27. The minimum Gasteiger partial charge on any atom is -0.450 e. The van der Waals surface area contributed by atoms with Crippen molar-refractivity contribution in [1.82, 2.24) is 4.90 Å². The van der Waals surface area contributed by atoms with Crippen LogP contribution in [0.3, 0.4) is 0 Å². The highest BCUT2D eigenvalue weighted by atomic mass is 79.9. The van der Waals surface area contributed by atoms with Crippen LogP contribution in [0.25, 0.3) is 11.0 Å². The van der Waals surface area contributed by atoms with Gasteiger partial charge in [-0.3, -0.25) is 19.7 Å². The second-order valence-corrected chi connectivity index (χ2v) is 8.58. The minimum absolute atomic E-state index is 0.0191. The van der Waals surface area contributed by atoms with Gasteiger partial charge in [-0.2, -0.15) is 0 Å². The molecule has 1 saturated heterocycles. The first-order chi connectivity index (χ1) is 14.9. The lowest BCUT2D eigenvalue weighted by molar-refractivity contribution is -0.384. The summed E-state index contributed by atoms with van der Waals surface area (Å²) in [4.78, 5) is 39.2. The maximum absolute atomic E-state index is 13.5. The number of hydrogen-bond acceptors (Lipinski definition) is 6. The average molecular weight is 485 g/mol. The molecule has 2 aliphatic heterocycles. The fourth-order valence-corrected chi connectivity index (χ4v) is 4.70. The van der Waals surface area contributed by atoms with E-state index in [1.165, 1.54) is 12.1 Å². The highest BCUT2D eigenvalue weighted by Crippen LogP contribution is 2.40. The number of halogens is 1. The van der Waals surface area contributed by atoms with Crippen LogP contribution in [0.5, 0.6) is 0 Å². The Morgan fingerprint density at radius 3 is 2.77 bits per heavy atom. The summed E-state index contributed by atoms with van der Waals surface area (Å²) >= 11 is 3.37. The van der Waals surface area contributed by atoms with Crippen LogP contribution in [0.4, 0.5) is 5.69 Å². The van der Waals surface area contributed by atoms with Gasteiger partial charge in [-0.05, 0) is 36.6 Å². The van der Waals surface area contributed by atoms with Crippen LogP contribution in [0.1, 0.15) is 40.6 Å². The molecular formula is C22H17BrN2O6. The normalized spacial score (nSPS) is 20.4. The van der Waals surface area contributed by atoms with E-state index in [0.717, 1.165) is 12.8 Å². The highest BCUT2D eigenvalue weighted by molar-refractivity contribution is 9.10. The summed E-state index contributed by atoms with van der Waals surface area (Å²) < 4.78 is 12.3. The van der Waals surface area contributed by atoms with E-state index in [9.17, 15) is 19.7 Å². The van der Waals surface area contributed by atoms with Crippen molar-refractivity contribution in [2.75, 3.05) is 13.2 Å². The standard InChI is InChI=1S/C22H17BrN2O6/c23-13-6-7-17-16(10-13)20(26)18-19(12-3-1-4-14(9-12)25(28)29)24(22(27)21(18)31-17)11-15-5-2-8-30-15/h1,3-4,6-7,9-10,15,19H,2,5,8,11H2. The predicted octanol–water partition coefficient (Wildman–Crippen LogP) is 4.19. The summed E-state index contributed by atoms with van der Waals surface area (Å²) in [6, 6.07) is 10.3. The van der Waals surface area contributed by atoms with Crippen molar-refractivity contribution in [3.8, 4) is 0 Å². The van der Waals surface area contributed by atoms with Crippen LogP contribution in [0.2, 0.25) is 0 Å². The van der Waals surface area contributed by atoms with Crippen LogP contribution in [-0.2, 0) is 4.74 Å². The molecule has 0 aliphatic carbocycles. The highest BCUT2D eigenvalue weighted by Gasteiger charge is 2.44. The fraction of sp³-hybridized carbons (Fsp3) is 0.273. The number of ether oxygens (including phenoxy) is 1. The number of non-ortho nitro benzene ring substituents is 1. The van der Waals surface area contributed by atoms with Crippen LogP contribution < -0.4 is 5.43 Å². The van der Waals surface area contributed by atoms with Crippen molar-refractivity contribution < 1.29 is 18.9 Å². The van der Waals surface area contributed by atoms with E-state index in [2.05, 4.69) is 15.9 Å². The number of benzene rings is 2. The quantitative estimate of drug-likeness (QED) is 0.406. The van der Waals surface area contributed by atoms with Gasteiger partial charge in [0.15, 0.2) is 5.43 Å². The molecular weight excluding hydrogens is 468 g/mol. The molecule has 3 heterocycles. The zero-order chi connectivity index (χ0) is 21.7. The molecule has 8 nitrogen and oxygen atoms in total. The Hall–Kier alpha value is -3.04. The topological polar surface area (TPSA) is 103 Å². The second-order valence-electron chi connectivity index (χ2n) is 7.66. The van der Waals surface area contributed by atoms with E-state index in [0.29, 0.717) is 27.6 Å². The van der Waals surface area contributed by atoms with E-state index in [4.69, 9.17) is 9.15 Å². The molecule has 3 aromatic rings. The second kappa shape index (κ2) is 7.58. The van der Waals surface area contributed by atoms with Crippen molar-refractivity contribution in [2.24, 2.45) is 0 Å². The maximum Gasteiger partial charge on any atom is 0.291 e. The summed E-state index contributed by atoms with van der Waals surface area (Å²) in [6.07, 6.45) is 1.55. The molecule has 0 N–H and O–H groups in total. The molecule has 0 spiro atoms. The Balaban J connectivity index is 1.72. The zero-order valence-electron chi connectivity index (χ0n) is 16.2. The first kappa shape index (κ1) is 19.9. The van der Waals surface area contributed by atoms with Gasteiger partial charge in [0.25, 0.3) is 11.6 Å². The summed E-state index contributed by atoms with van der Waals surface area (Å²) in [5.41, 5.74) is 0.577. The third-order valence-corrected chi connectivity index (χ3v) is 6.24. The van der Waals surface area contributed by atoms with Gasteiger partial charge >= 0.3 is 0 Å². The number of nitro benzene ring substituents is 1. The third kappa shape index (κ3) is 3.34. The lowest BCUT2D eigenvalue weighted by Crippen LogP contribution is -2.36. The first-order valence-corrected chi connectivity index (χ1v) is 10.7. The number of hydrogen-bond donors (Lipinski definition) is 0. The van der Waals surface area contributed by atoms with Crippen molar-refractivity contribution in [3.63, 3.8) is 0 Å². The number of carbonyl (C=O) groups is 1. The van der Waals surface area contributed by atoms with E-state index in [1.807, 2.05) is 0 Å². The Kier molecular flexibility index (Phi) is 4.86. The van der Waals surface area contributed by atoms with E-state index < -0.39 is 16.9 Å². The van der Waals surface area contributed by atoms with Gasteiger partial charge in [0.05, 0.1) is 28.0 Å². The van der Waals surface area contributed by atoms with Crippen molar-refractivity contribution in [3.05, 3.63) is 84.2 Å². The van der Waals surface area contributed by atoms with Gasteiger partial charge in [0, 0.05) is 29.8 Å². The fourth-order valence-electron chi connectivity index (χ4n) is 4.34. The van der Waals surface area contributed by atoms with Crippen molar-refractivity contribution >= 4 is 38.5 Å². The molecule has 0 saturated carbocycles. The van der Waals surface area contributed by atoms with Crippen molar-refractivity contribution in [1.29, 1.82) is 0 Å². The predicted molar refractivity (Wildman–Crippen MR) is 115 cm³/mol. The van der Waals surface area contributed by atoms with Gasteiger partial charge in [-0.1, -0.05) is 28.1 Å². The van der Waals surface area contributed by atoms with Gasteiger partial charge in [0.2, 0.25) is 5.76 Å². The number of nitro groups is 1. The van der Waals surface area contributed by atoms with Crippen molar-refractivity contribution in [2.45, 2.75) is 25.0 Å². The van der Waals surface area contributed by atoms with Gasteiger partial charge in [0.1, 0.15) is 5.58 Å². The number of carbonyl (C=O) groups excluding carboxylic acids is 1. The molecule has 1 aromatic heterocycles. The molecule has 2 atom stereocenters. The number of nitrogens with zero attached hydrogens (tertiary/aromatic N) is 2. The first-order valence-electron chi connectivity index (χ1n) is 9.87. The minimum atomic E-state index is -0.786. The van der Waals surface area contributed by atoms with E-state index in [1.54, 1.807) is 35.2 Å². The largest absolute Gasteiger partial charge is 0.450 e. The maximum atomic E-state index is 13.5. The molecule has 2 unspecified atom stereocenters. The molecule has 158 valence electrons. The molecule has 9 heteroatoms. The molecule has 31 heavy (non-hydrogen) atoms. The number of rotatable bonds is 4. The molecule has 1 amide bonds. The Bertz CT molecular complexity index is 1280. The summed E-state index contributed by atoms with van der Waals surface area (Å²) in [5, 5.41) is 11.7. The van der Waals surface area contributed by atoms with E-state index >= 15 is 0 Å². The molecule has 5 rings (SSSR count). The van der Waals surface area contributed by atoms with Crippen LogP contribution in [0, 0.1) is 10.1 Å². The van der Waals surface area contributed by atoms with Crippen LogP contribution in [0.15, 0.2) is 56.1 Å². The van der Waals surface area contributed by atoms with Crippen LogP contribution in [-0.4, -0.2) is 35.0 Å². The SMILES string of the molecule is O=C1c2oc3ccc(Br)cc3c(=O)c2C(c2cccc([N+](=O)[O-])c2)N1CC1CCCO1. The molecule has 2 aromatic carbocycles. The smallest absolute Gasteiger partial charge is 0.291 e. The zero-order valence-corrected chi connectivity index (χ0v) is 17.8. The van der Waals surface area contributed by atoms with Crippen LogP contribution >= 0.6 is 15.9 Å². The Labute approximate surface area is 184 Å². The molecule has 1 fully saturated rings. The molecule has 0 radical (unpaired) electrons. The number of amides is 1. The summed E-state index contributed by atoms with van der Waals surface area (Å²) in [5.74, 6) is -0.432. The van der Waals surface area contributed by atoms with Gasteiger partial charge < -0.3 is 14.1 Å². The number of fused-ring (bicyclic) bond motifs is 2. The molecule has 0 bridgehead atoms. The average Bonchev–Trinajstić information content (AvgIpc) is 3.36. The van der Waals surface area contributed by atoms with E-state index in [-0.39, 0.29) is 35.1 Å². The molecule has 2 aliphatic rings. The Morgan fingerprint density at radius 1 is 1.19 bits per heavy atom. The monoisotopic (exact) mass is 484 g/mol. The Morgan fingerprint density at radius 2 is 2.03 bits per heavy atom. The third-order valence-electron chi connectivity index (χ3n) is 5.75.